The third kappa shape index (κ3) is 1.71. The smallest absolute Gasteiger partial charge is 0.0545 e. The number of nitrogens with two attached hydrogens (primary N) is 1. The lowest BCUT2D eigenvalue weighted by Gasteiger charge is -2.24. The van der Waals surface area contributed by atoms with Crippen LogP contribution in [-0.4, -0.2) is 18.3 Å². The predicted octanol–water partition coefficient (Wildman–Crippen LogP) is 1.72. The van der Waals surface area contributed by atoms with Crippen molar-refractivity contribution in [3.8, 4) is 0 Å². The van der Waals surface area contributed by atoms with Crippen LogP contribution in [0.5, 0.6) is 0 Å². The Balaban J connectivity index is 3.02. The summed E-state index contributed by atoms with van der Waals surface area (Å²) in [5.74, 6) is 0. The summed E-state index contributed by atoms with van der Waals surface area (Å²) in [6.45, 7) is 2.51. The normalized spacial score (nSPS) is 16.0. The van der Waals surface area contributed by atoms with Crippen molar-refractivity contribution in [2.24, 2.45) is 5.73 Å². The molecule has 0 radical (unpaired) electrons. The van der Waals surface area contributed by atoms with Crippen LogP contribution >= 0.6 is 27.3 Å². The Hall–Kier alpha value is 0.100. The number of hydrogen-bond donors (Lipinski definition) is 2. The van der Waals surface area contributed by atoms with Crippen LogP contribution in [-0.2, 0) is 5.41 Å². The van der Waals surface area contributed by atoms with Gasteiger partial charge in [0.1, 0.15) is 0 Å². The van der Waals surface area contributed by atoms with Gasteiger partial charge in [0, 0.05) is 21.3 Å². The quantitative estimate of drug-likeness (QED) is 0.858. The van der Waals surface area contributed by atoms with Crippen molar-refractivity contribution in [3.63, 3.8) is 0 Å². The Kier molecular flexibility index (Phi) is 3.29. The van der Waals surface area contributed by atoms with Crippen LogP contribution in [0.2, 0.25) is 0 Å². The van der Waals surface area contributed by atoms with Crippen molar-refractivity contribution in [1.82, 2.24) is 0 Å². The highest BCUT2D eigenvalue weighted by atomic mass is 79.9. The van der Waals surface area contributed by atoms with Crippen LogP contribution in [0.3, 0.4) is 0 Å². The number of aliphatic hydroxyl groups is 1. The molecule has 0 spiro atoms. The van der Waals surface area contributed by atoms with E-state index < -0.39 is 0 Å². The van der Waals surface area contributed by atoms with E-state index in [1.54, 1.807) is 11.3 Å². The SMILES string of the molecule is CC(CN)(CO)c1sccc1Br. The van der Waals surface area contributed by atoms with E-state index in [1.807, 2.05) is 18.4 Å². The van der Waals surface area contributed by atoms with Gasteiger partial charge < -0.3 is 10.8 Å². The Bertz CT molecular complexity index is 257. The summed E-state index contributed by atoms with van der Waals surface area (Å²) in [7, 11) is 0. The molecule has 68 valence electrons. The van der Waals surface area contributed by atoms with Gasteiger partial charge in [0.25, 0.3) is 0 Å². The lowest BCUT2D eigenvalue weighted by atomic mass is 9.90. The molecule has 0 aromatic carbocycles. The van der Waals surface area contributed by atoms with Gasteiger partial charge in [-0.05, 0) is 27.4 Å². The van der Waals surface area contributed by atoms with Gasteiger partial charge in [-0.1, -0.05) is 6.92 Å². The van der Waals surface area contributed by atoms with Crippen LogP contribution in [0.25, 0.3) is 0 Å². The fourth-order valence-corrected chi connectivity index (χ4v) is 2.97. The molecule has 0 bridgehead atoms. The maximum atomic E-state index is 9.19. The van der Waals surface area contributed by atoms with E-state index in [9.17, 15) is 5.11 Å². The Morgan fingerprint density at radius 2 is 2.42 bits per heavy atom. The summed E-state index contributed by atoms with van der Waals surface area (Å²) in [6.07, 6.45) is 0. The van der Waals surface area contributed by atoms with Crippen molar-refractivity contribution in [2.45, 2.75) is 12.3 Å². The lowest BCUT2D eigenvalue weighted by Crippen LogP contribution is -2.34. The second-order valence-corrected chi connectivity index (χ2v) is 4.79. The van der Waals surface area contributed by atoms with E-state index in [0.717, 1.165) is 9.35 Å². The van der Waals surface area contributed by atoms with E-state index in [0.29, 0.717) is 6.54 Å². The van der Waals surface area contributed by atoms with Crippen LogP contribution in [0.1, 0.15) is 11.8 Å². The molecule has 12 heavy (non-hydrogen) atoms. The molecule has 0 saturated carbocycles. The van der Waals surface area contributed by atoms with Crippen LogP contribution < -0.4 is 5.73 Å². The van der Waals surface area contributed by atoms with Crippen molar-refractivity contribution in [3.05, 3.63) is 20.8 Å². The van der Waals surface area contributed by atoms with E-state index in [1.165, 1.54) is 0 Å². The zero-order chi connectivity index (χ0) is 9.19. The van der Waals surface area contributed by atoms with Gasteiger partial charge in [-0.3, -0.25) is 0 Å². The Morgan fingerprint density at radius 1 is 1.75 bits per heavy atom. The highest BCUT2D eigenvalue weighted by Crippen LogP contribution is 2.33. The minimum absolute atomic E-state index is 0.0859. The molecule has 4 heteroatoms. The van der Waals surface area contributed by atoms with Gasteiger partial charge in [-0.25, -0.2) is 0 Å². The first-order valence-electron chi connectivity index (χ1n) is 3.68. The second-order valence-electron chi connectivity index (χ2n) is 3.02. The summed E-state index contributed by atoms with van der Waals surface area (Å²) in [6, 6.07) is 1.98. The molecule has 0 aliphatic carbocycles. The minimum atomic E-state index is -0.299. The second kappa shape index (κ2) is 3.87. The van der Waals surface area contributed by atoms with Crippen molar-refractivity contribution in [1.29, 1.82) is 0 Å². The van der Waals surface area contributed by atoms with Gasteiger partial charge >= 0.3 is 0 Å². The molecular formula is C8H12BrNOS. The maximum Gasteiger partial charge on any atom is 0.0545 e. The summed E-state index contributed by atoms with van der Waals surface area (Å²) in [5.41, 5.74) is 5.30. The van der Waals surface area contributed by atoms with Crippen molar-refractivity contribution >= 4 is 27.3 Å². The van der Waals surface area contributed by atoms with E-state index >= 15 is 0 Å². The molecule has 0 amide bonds. The van der Waals surface area contributed by atoms with Crippen LogP contribution in [0, 0.1) is 0 Å². The topological polar surface area (TPSA) is 46.2 Å². The fourth-order valence-electron chi connectivity index (χ4n) is 0.953. The van der Waals surface area contributed by atoms with E-state index in [2.05, 4.69) is 15.9 Å². The first kappa shape index (κ1) is 10.2. The summed E-state index contributed by atoms with van der Waals surface area (Å²) >= 11 is 5.05. The molecule has 1 unspecified atom stereocenters. The highest BCUT2D eigenvalue weighted by Gasteiger charge is 2.27. The number of thiophene rings is 1. The van der Waals surface area contributed by atoms with Crippen LogP contribution in [0.15, 0.2) is 15.9 Å². The maximum absolute atomic E-state index is 9.19. The molecule has 3 N–H and O–H groups in total. The molecule has 0 aliphatic heterocycles. The van der Waals surface area contributed by atoms with Gasteiger partial charge in [-0.15, -0.1) is 11.3 Å². The molecule has 0 saturated heterocycles. The molecule has 1 atom stereocenters. The molecule has 2 nitrogen and oxygen atoms in total. The number of halogens is 1. The van der Waals surface area contributed by atoms with Gasteiger partial charge in [0.15, 0.2) is 0 Å². The average molecular weight is 250 g/mol. The zero-order valence-electron chi connectivity index (χ0n) is 6.88. The monoisotopic (exact) mass is 249 g/mol. The Morgan fingerprint density at radius 3 is 2.75 bits per heavy atom. The lowest BCUT2D eigenvalue weighted by molar-refractivity contribution is 0.212. The number of aliphatic hydroxyl groups excluding tert-OH is 1. The molecule has 0 fully saturated rings. The molecule has 1 aromatic heterocycles. The first-order valence-corrected chi connectivity index (χ1v) is 5.36. The van der Waals surface area contributed by atoms with Crippen LogP contribution in [0.4, 0.5) is 0 Å². The van der Waals surface area contributed by atoms with Gasteiger partial charge in [0.05, 0.1) is 6.61 Å². The van der Waals surface area contributed by atoms with E-state index in [4.69, 9.17) is 5.73 Å². The van der Waals surface area contributed by atoms with Gasteiger partial charge in [-0.2, -0.15) is 0 Å². The summed E-state index contributed by atoms with van der Waals surface area (Å²) in [4.78, 5) is 1.12. The standard InChI is InChI=1S/C8H12BrNOS/c1-8(4-10,5-11)7-6(9)2-3-12-7/h2-3,11H,4-5,10H2,1H3. The van der Waals surface area contributed by atoms with Crippen molar-refractivity contribution in [2.75, 3.05) is 13.2 Å². The zero-order valence-corrected chi connectivity index (χ0v) is 9.28. The van der Waals surface area contributed by atoms with E-state index in [-0.39, 0.29) is 12.0 Å². The first-order chi connectivity index (χ1) is 5.64. The average Bonchev–Trinajstić information content (AvgIpc) is 2.51. The third-order valence-corrected chi connectivity index (χ3v) is 4.11. The molecule has 1 heterocycles. The molecule has 0 aliphatic rings. The summed E-state index contributed by atoms with van der Waals surface area (Å²) in [5, 5.41) is 11.2. The highest BCUT2D eigenvalue weighted by molar-refractivity contribution is 9.10. The van der Waals surface area contributed by atoms with Crippen molar-refractivity contribution < 1.29 is 5.11 Å². The molecule has 1 aromatic rings. The summed E-state index contributed by atoms with van der Waals surface area (Å²) < 4.78 is 1.04. The fraction of sp³-hybridized carbons (Fsp3) is 0.500. The largest absolute Gasteiger partial charge is 0.395 e. The predicted molar refractivity (Wildman–Crippen MR) is 55.5 cm³/mol. The number of rotatable bonds is 3. The van der Waals surface area contributed by atoms with Gasteiger partial charge in [0.2, 0.25) is 0 Å². The molecular weight excluding hydrogens is 238 g/mol. The Labute approximate surface area is 84.5 Å². The third-order valence-electron chi connectivity index (χ3n) is 1.96. The minimum Gasteiger partial charge on any atom is -0.395 e. The molecule has 1 rings (SSSR count). The number of hydrogen-bond acceptors (Lipinski definition) is 3.